The van der Waals surface area contributed by atoms with Gasteiger partial charge in [0, 0.05) is 31.4 Å². The normalized spacial score (nSPS) is 12.1. The highest BCUT2D eigenvalue weighted by Crippen LogP contribution is 2.26. The molecule has 2 aromatic heterocycles. The van der Waals surface area contributed by atoms with Crippen LogP contribution in [0, 0.1) is 0 Å². The van der Waals surface area contributed by atoms with Crippen LogP contribution >= 0.6 is 0 Å². The van der Waals surface area contributed by atoms with Gasteiger partial charge in [0.1, 0.15) is 11.3 Å². The van der Waals surface area contributed by atoms with Crippen molar-refractivity contribution in [1.82, 2.24) is 15.2 Å². The van der Waals surface area contributed by atoms with Gasteiger partial charge in [-0.15, -0.1) is 0 Å². The lowest BCUT2D eigenvalue weighted by atomic mass is 10.2. The fourth-order valence-electron chi connectivity index (χ4n) is 2.56. The van der Waals surface area contributed by atoms with E-state index in [1.807, 2.05) is 55.6 Å². The van der Waals surface area contributed by atoms with Gasteiger partial charge in [-0.2, -0.15) is 0 Å². The number of nitrogens with zero attached hydrogens (tertiary/aromatic N) is 2. The van der Waals surface area contributed by atoms with Gasteiger partial charge in [-0.3, -0.25) is 4.98 Å². The largest absolute Gasteiger partial charge is 0.459 e. The highest BCUT2D eigenvalue weighted by Gasteiger charge is 2.20. The van der Waals surface area contributed by atoms with Gasteiger partial charge in [0.2, 0.25) is 0 Å². The number of benzene rings is 1. The molecule has 0 bridgehead atoms. The highest BCUT2D eigenvalue weighted by molar-refractivity contribution is 5.78. The predicted octanol–water partition coefficient (Wildman–Crippen LogP) is 3.77. The molecule has 3 rings (SSSR count). The average Bonchev–Trinajstić information content (AvgIpc) is 3.05. The lowest BCUT2D eigenvalue weighted by molar-refractivity contribution is 0.188. The number of hydrogen-bond donors (Lipinski definition) is 1. The van der Waals surface area contributed by atoms with Crippen LogP contribution in [0.4, 0.5) is 4.79 Å². The molecular formula is C19H21N3O2. The number of aromatic nitrogens is 1. The van der Waals surface area contributed by atoms with Crippen LogP contribution in [0.15, 0.2) is 59.3 Å². The predicted molar refractivity (Wildman–Crippen MR) is 93.7 cm³/mol. The first-order valence-corrected chi connectivity index (χ1v) is 8.03. The molecule has 0 radical (unpaired) electrons. The van der Waals surface area contributed by atoms with Crippen molar-refractivity contribution in [2.24, 2.45) is 0 Å². The molecule has 1 N–H and O–H groups in total. The summed E-state index contributed by atoms with van der Waals surface area (Å²) in [5.74, 6) is 0.779. The number of carbonyl (C=O) groups excluding carboxylic acids is 1. The van der Waals surface area contributed by atoms with Gasteiger partial charge in [0.25, 0.3) is 0 Å². The van der Waals surface area contributed by atoms with Gasteiger partial charge in [-0.1, -0.05) is 24.3 Å². The van der Waals surface area contributed by atoms with Gasteiger partial charge < -0.3 is 14.6 Å². The minimum Gasteiger partial charge on any atom is -0.459 e. The number of pyridine rings is 1. The van der Waals surface area contributed by atoms with Gasteiger partial charge in [-0.25, -0.2) is 4.79 Å². The van der Waals surface area contributed by atoms with Crippen molar-refractivity contribution >= 4 is 17.0 Å². The Bertz CT molecular complexity index is 781. The van der Waals surface area contributed by atoms with Crippen molar-refractivity contribution in [2.75, 3.05) is 13.6 Å². The molecule has 0 aliphatic rings. The standard InChI is InChI=1S/C19H21N3O2/c1-14(18-12-16-7-3-4-8-17(16)24-18)22(2)19(23)21-11-9-15-6-5-10-20-13-15/h3-8,10,12-14H,9,11H2,1-2H3,(H,21,23). The van der Waals surface area contributed by atoms with Crippen molar-refractivity contribution < 1.29 is 9.21 Å². The Kier molecular flexibility index (Phi) is 4.79. The third-order valence-electron chi connectivity index (χ3n) is 4.17. The van der Waals surface area contributed by atoms with Crippen LogP contribution in [0.25, 0.3) is 11.0 Å². The number of para-hydroxylation sites is 1. The maximum absolute atomic E-state index is 12.3. The van der Waals surface area contributed by atoms with E-state index in [1.165, 1.54) is 0 Å². The summed E-state index contributed by atoms with van der Waals surface area (Å²) in [6.07, 6.45) is 4.31. The number of hydrogen-bond acceptors (Lipinski definition) is 3. The monoisotopic (exact) mass is 323 g/mol. The summed E-state index contributed by atoms with van der Waals surface area (Å²) in [6.45, 7) is 2.53. The minimum atomic E-state index is -0.143. The zero-order valence-electron chi connectivity index (χ0n) is 13.9. The van der Waals surface area contributed by atoms with Crippen molar-refractivity contribution in [3.63, 3.8) is 0 Å². The Labute approximate surface area is 141 Å². The summed E-state index contributed by atoms with van der Waals surface area (Å²) >= 11 is 0. The van der Waals surface area contributed by atoms with Gasteiger partial charge in [0.15, 0.2) is 0 Å². The SMILES string of the molecule is CC(c1cc2ccccc2o1)N(C)C(=O)NCCc1cccnc1. The van der Waals surface area contributed by atoms with Crippen LogP contribution in [0.1, 0.15) is 24.3 Å². The lowest BCUT2D eigenvalue weighted by Gasteiger charge is -2.23. The summed E-state index contributed by atoms with van der Waals surface area (Å²) in [7, 11) is 1.78. The Morgan fingerprint density at radius 3 is 2.88 bits per heavy atom. The van der Waals surface area contributed by atoms with E-state index in [0.717, 1.165) is 28.7 Å². The van der Waals surface area contributed by atoms with Gasteiger partial charge in [0.05, 0.1) is 6.04 Å². The Balaban J connectivity index is 1.58. The molecule has 0 saturated heterocycles. The molecule has 1 atom stereocenters. The number of carbonyl (C=O) groups is 1. The van der Waals surface area contributed by atoms with E-state index in [9.17, 15) is 4.79 Å². The summed E-state index contributed by atoms with van der Waals surface area (Å²) in [6, 6.07) is 13.5. The molecule has 1 aromatic carbocycles. The number of urea groups is 1. The summed E-state index contributed by atoms with van der Waals surface area (Å²) in [5.41, 5.74) is 1.94. The topological polar surface area (TPSA) is 58.4 Å². The molecule has 0 aliphatic heterocycles. The molecule has 0 saturated carbocycles. The average molecular weight is 323 g/mol. The molecular weight excluding hydrogens is 302 g/mol. The fourth-order valence-corrected chi connectivity index (χ4v) is 2.56. The van der Waals surface area contributed by atoms with Crippen LogP contribution in [0.2, 0.25) is 0 Å². The number of amides is 2. The molecule has 0 aliphatic carbocycles. The van der Waals surface area contributed by atoms with Crippen LogP contribution in [0.3, 0.4) is 0 Å². The maximum atomic E-state index is 12.3. The zero-order valence-corrected chi connectivity index (χ0v) is 13.9. The molecule has 3 aromatic rings. The molecule has 5 nitrogen and oxygen atoms in total. The molecule has 5 heteroatoms. The fraction of sp³-hybridized carbons (Fsp3) is 0.263. The number of nitrogens with one attached hydrogen (secondary N) is 1. The first-order valence-electron chi connectivity index (χ1n) is 8.03. The Morgan fingerprint density at radius 2 is 2.12 bits per heavy atom. The van der Waals surface area contributed by atoms with E-state index in [1.54, 1.807) is 18.1 Å². The Morgan fingerprint density at radius 1 is 1.29 bits per heavy atom. The second-order valence-corrected chi connectivity index (χ2v) is 5.82. The third kappa shape index (κ3) is 3.56. The van der Waals surface area contributed by atoms with E-state index in [-0.39, 0.29) is 12.1 Å². The molecule has 2 amide bonds. The van der Waals surface area contributed by atoms with E-state index in [4.69, 9.17) is 4.42 Å². The molecule has 1 unspecified atom stereocenters. The highest BCUT2D eigenvalue weighted by atomic mass is 16.3. The second kappa shape index (κ2) is 7.17. The summed E-state index contributed by atoms with van der Waals surface area (Å²) < 4.78 is 5.84. The molecule has 2 heterocycles. The Hall–Kier alpha value is -2.82. The molecule has 24 heavy (non-hydrogen) atoms. The summed E-state index contributed by atoms with van der Waals surface area (Å²) in [4.78, 5) is 18.0. The van der Waals surface area contributed by atoms with Crippen molar-refractivity contribution in [2.45, 2.75) is 19.4 Å². The van der Waals surface area contributed by atoms with Gasteiger partial charge >= 0.3 is 6.03 Å². The van der Waals surface area contributed by atoms with Crippen LogP contribution in [-0.4, -0.2) is 29.5 Å². The zero-order chi connectivity index (χ0) is 16.9. The van der Waals surface area contributed by atoms with Crippen molar-refractivity contribution in [3.8, 4) is 0 Å². The lowest BCUT2D eigenvalue weighted by Crippen LogP contribution is -2.39. The number of fused-ring (bicyclic) bond motifs is 1. The quantitative estimate of drug-likeness (QED) is 0.777. The summed E-state index contributed by atoms with van der Waals surface area (Å²) in [5, 5.41) is 3.98. The van der Waals surface area contributed by atoms with Crippen LogP contribution < -0.4 is 5.32 Å². The third-order valence-corrected chi connectivity index (χ3v) is 4.17. The van der Waals surface area contributed by atoms with E-state index < -0.39 is 0 Å². The first kappa shape index (κ1) is 16.1. The van der Waals surface area contributed by atoms with E-state index in [2.05, 4.69) is 10.3 Å². The second-order valence-electron chi connectivity index (χ2n) is 5.82. The number of furan rings is 1. The van der Waals surface area contributed by atoms with Crippen molar-refractivity contribution in [3.05, 3.63) is 66.2 Å². The maximum Gasteiger partial charge on any atom is 0.317 e. The van der Waals surface area contributed by atoms with Crippen molar-refractivity contribution in [1.29, 1.82) is 0 Å². The molecule has 124 valence electrons. The minimum absolute atomic E-state index is 0.119. The molecule has 0 spiro atoms. The first-order chi connectivity index (χ1) is 11.6. The number of rotatable bonds is 5. The van der Waals surface area contributed by atoms with E-state index in [0.29, 0.717) is 6.54 Å². The molecule has 0 fully saturated rings. The van der Waals surface area contributed by atoms with Crippen LogP contribution in [-0.2, 0) is 6.42 Å². The van der Waals surface area contributed by atoms with E-state index >= 15 is 0 Å². The van der Waals surface area contributed by atoms with Gasteiger partial charge in [-0.05, 0) is 37.1 Å². The van der Waals surface area contributed by atoms with Crippen LogP contribution in [0.5, 0.6) is 0 Å². The smallest absolute Gasteiger partial charge is 0.317 e.